The van der Waals surface area contributed by atoms with Gasteiger partial charge in [-0.25, -0.2) is 0 Å². The molecule has 0 saturated carbocycles. The Morgan fingerprint density at radius 3 is 2.64 bits per heavy atom. The second-order valence-electron chi connectivity index (χ2n) is 5.17. The average molecular weight is 336 g/mol. The fraction of sp³-hybridized carbons (Fsp3) is 0.278. The summed E-state index contributed by atoms with van der Waals surface area (Å²) in [5.41, 5.74) is 2.73. The molecular weight excluding hydrogens is 317 g/mol. The zero-order valence-electron chi connectivity index (χ0n) is 12.9. The van der Waals surface area contributed by atoms with Gasteiger partial charge in [-0.05, 0) is 61.7 Å². The summed E-state index contributed by atoms with van der Waals surface area (Å²) in [5, 5.41) is 1.30. The van der Waals surface area contributed by atoms with Crippen LogP contribution in [0.4, 0.5) is 5.69 Å². The minimum atomic E-state index is 0.145. The van der Waals surface area contributed by atoms with Crippen LogP contribution < -0.4 is 4.74 Å². The number of rotatable bonds is 5. The molecule has 0 amide bonds. The highest BCUT2D eigenvalue weighted by Crippen LogP contribution is 2.28. The van der Waals surface area contributed by atoms with E-state index < -0.39 is 0 Å². The van der Waals surface area contributed by atoms with Gasteiger partial charge in [0, 0.05) is 11.2 Å². The highest BCUT2D eigenvalue weighted by atomic mass is 35.5. The van der Waals surface area contributed by atoms with E-state index in [1.807, 2.05) is 50.2 Å². The number of benzene rings is 2. The molecule has 0 heterocycles. The van der Waals surface area contributed by atoms with Crippen molar-refractivity contribution in [2.45, 2.75) is 33.3 Å². The summed E-state index contributed by atoms with van der Waals surface area (Å²) >= 11 is 12.4. The van der Waals surface area contributed by atoms with Gasteiger partial charge in [0.05, 0.1) is 16.8 Å². The Morgan fingerprint density at radius 1 is 1.18 bits per heavy atom. The van der Waals surface area contributed by atoms with Crippen molar-refractivity contribution in [3.05, 3.63) is 57.6 Å². The van der Waals surface area contributed by atoms with Gasteiger partial charge in [-0.15, -0.1) is 0 Å². The largest absolute Gasteiger partial charge is 0.489 e. The number of hydrogen-bond donors (Lipinski definition) is 0. The molecule has 116 valence electrons. The summed E-state index contributed by atoms with van der Waals surface area (Å²) in [6, 6.07) is 11.3. The average Bonchev–Trinajstić information content (AvgIpc) is 2.51. The van der Waals surface area contributed by atoms with Crippen molar-refractivity contribution in [2.75, 3.05) is 0 Å². The van der Waals surface area contributed by atoms with Crippen molar-refractivity contribution in [3.8, 4) is 5.75 Å². The lowest BCUT2D eigenvalue weighted by Gasteiger charge is -2.13. The van der Waals surface area contributed by atoms with Crippen molar-refractivity contribution in [2.24, 2.45) is 4.99 Å². The lowest BCUT2D eigenvalue weighted by molar-refractivity contribution is 0.217. The van der Waals surface area contributed by atoms with Crippen LogP contribution in [-0.4, -0.2) is 12.3 Å². The number of halogens is 2. The molecule has 0 aliphatic rings. The Balaban J connectivity index is 2.18. The molecule has 4 heteroatoms. The molecule has 0 bridgehead atoms. The van der Waals surface area contributed by atoms with Crippen molar-refractivity contribution in [1.29, 1.82) is 0 Å². The first-order chi connectivity index (χ1) is 10.5. The number of aliphatic imine (C=N–C) groups is 1. The van der Waals surface area contributed by atoms with Gasteiger partial charge in [0.2, 0.25) is 0 Å². The molecule has 2 rings (SSSR count). The Kier molecular flexibility index (Phi) is 5.87. The van der Waals surface area contributed by atoms with Crippen molar-refractivity contribution in [1.82, 2.24) is 0 Å². The number of nitrogens with zero attached hydrogens (tertiary/aromatic N) is 1. The van der Waals surface area contributed by atoms with Gasteiger partial charge in [0.1, 0.15) is 5.75 Å². The molecule has 0 saturated heterocycles. The minimum Gasteiger partial charge on any atom is -0.489 e. The lowest BCUT2D eigenvalue weighted by Crippen LogP contribution is -2.09. The van der Waals surface area contributed by atoms with Crippen LogP contribution in [0, 0.1) is 6.92 Å². The Hall–Kier alpha value is -1.51. The molecule has 0 fully saturated rings. The fourth-order valence-corrected chi connectivity index (χ4v) is 2.28. The van der Waals surface area contributed by atoms with E-state index in [0.717, 1.165) is 23.2 Å². The summed E-state index contributed by atoms with van der Waals surface area (Å²) < 4.78 is 5.75. The third-order valence-electron chi connectivity index (χ3n) is 3.45. The highest BCUT2D eigenvalue weighted by molar-refractivity contribution is 6.32. The number of hydrogen-bond acceptors (Lipinski definition) is 2. The molecule has 1 atom stereocenters. The summed E-state index contributed by atoms with van der Waals surface area (Å²) in [6.45, 7) is 6.05. The van der Waals surface area contributed by atoms with Crippen LogP contribution in [0.1, 0.15) is 31.4 Å². The molecular formula is C18H19Cl2NO. The van der Waals surface area contributed by atoms with Gasteiger partial charge in [-0.3, -0.25) is 4.99 Å². The fourth-order valence-electron chi connectivity index (χ4n) is 1.87. The summed E-state index contributed by atoms with van der Waals surface area (Å²) in [5.74, 6) is 0.701. The first-order valence-corrected chi connectivity index (χ1v) is 8.02. The molecule has 2 nitrogen and oxygen atoms in total. The van der Waals surface area contributed by atoms with Crippen LogP contribution in [0.15, 0.2) is 41.4 Å². The van der Waals surface area contributed by atoms with E-state index in [0.29, 0.717) is 15.8 Å². The van der Waals surface area contributed by atoms with Crippen molar-refractivity contribution >= 4 is 35.1 Å². The van der Waals surface area contributed by atoms with E-state index in [1.54, 1.807) is 6.21 Å². The maximum Gasteiger partial charge on any atom is 0.138 e. The van der Waals surface area contributed by atoms with Crippen molar-refractivity contribution < 1.29 is 4.74 Å². The predicted molar refractivity (Wildman–Crippen MR) is 95.3 cm³/mol. The monoisotopic (exact) mass is 335 g/mol. The Morgan fingerprint density at radius 2 is 1.95 bits per heavy atom. The highest BCUT2D eigenvalue weighted by Gasteiger charge is 2.06. The molecule has 2 aromatic carbocycles. The van der Waals surface area contributed by atoms with Crippen LogP contribution >= 0.6 is 23.2 Å². The molecule has 22 heavy (non-hydrogen) atoms. The molecule has 0 unspecified atom stereocenters. The zero-order chi connectivity index (χ0) is 16.1. The van der Waals surface area contributed by atoms with Gasteiger partial charge in [-0.1, -0.05) is 36.2 Å². The van der Waals surface area contributed by atoms with Gasteiger partial charge < -0.3 is 4.74 Å². The SMILES string of the molecule is CC[C@H](C)Oc1ccc(C=Nc2cccc(Cl)c2C)cc1Cl. The molecule has 0 spiro atoms. The maximum absolute atomic E-state index is 6.26. The topological polar surface area (TPSA) is 21.6 Å². The standard InChI is InChI=1S/C18H19Cl2NO/c1-4-12(2)22-18-9-8-14(10-16(18)20)11-21-17-7-5-6-15(19)13(17)3/h5-12H,4H2,1-3H3/t12-/m0/s1. The molecule has 0 aliphatic heterocycles. The summed E-state index contributed by atoms with van der Waals surface area (Å²) in [7, 11) is 0. The van der Waals surface area contributed by atoms with Crippen LogP contribution in [0.2, 0.25) is 10.0 Å². The Bertz CT molecular complexity index is 683. The van der Waals surface area contributed by atoms with E-state index in [1.165, 1.54) is 0 Å². The molecule has 0 N–H and O–H groups in total. The lowest BCUT2D eigenvalue weighted by atomic mass is 10.2. The minimum absolute atomic E-state index is 0.145. The van der Waals surface area contributed by atoms with E-state index in [2.05, 4.69) is 11.9 Å². The van der Waals surface area contributed by atoms with E-state index in [-0.39, 0.29) is 6.10 Å². The third-order valence-corrected chi connectivity index (χ3v) is 4.16. The van der Waals surface area contributed by atoms with E-state index in [4.69, 9.17) is 27.9 Å². The Labute approximate surface area is 141 Å². The first kappa shape index (κ1) is 16.9. The summed E-state index contributed by atoms with van der Waals surface area (Å²) in [4.78, 5) is 4.48. The van der Waals surface area contributed by atoms with E-state index in [9.17, 15) is 0 Å². The van der Waals surface area contributed by atoms with Gasteiger partial charge >= 0.3 is 0 Å². The summed E-state index contributed by atoms with van der Waals surface area (Å²) in [6.07, 6.45) is 2.86. The number of ether oxygens (including phenoxy) is 1. The van der Waals surface area contributed by atoms with Crippen LogP contribution in [0.5, 0.6) is 5.75 Å². The first-order valence-electron chi connectivity index (χ1n) is 7.26. The van der Waals surface area contributed by atoms with Gasteiger partial charge in [0.25, 0.3) is 0 Å². The van der Waals surface area contributed by atoms with Gasteiger partial charge in [-0.2, -0.15) is 0 Å². The molecule has 2 aromatic rings. The van der Waals surface area contributed by atoms with Crippen molar-refractivity contribution in [3.63, 3.8) is 0 Å². The van der Waals surface area contributed by atoms with Crippen LogP contribution in [-0.2, 0) is 0 Å². The molecule has 0 aliphatic carbocycles. The predicted octanol–water partition coefficient (Wildman–Crippen LogP) is 6.23. The van der Waals surface area contributed by atoms with E-state index >= 15 is 0 Å². The molecule has 0 radical (unpaired) electrons. The maximum atomic E-state index is 6.26. The van der Waals surface area contributed by atoms with Gasteiger partial charge in [0.15, 0.2) is 0 Å². The normalized spacial score (nSPS) is 12.6. The third kappa shape index (κ3) is 4.25. The van der Waals surface area contributed by atoms with Crippen LogP contribution in [0.3, 0.4) is 0 Å². The quantitative estimate of drug-likeness (QED) is 0.593. The smallest absolute Gasteiger partial charge is 0.138 e. The molecule has 0 aromatic heterocycles. The second-order valence-corrected chi connectivity index (χ2v) is 5.98. The second kappa shape index (κ2) is 7.66. The van der Waals surface area contributed by atoms with Crippen LogP contribution in [0.25, 0.3) is 0 Å². The zero-order valence-corrected chi connectivity index (χ0v) is 14.4.